The highest BCUT2D eigenvalue weighted by atomic mass is 16.5. The molecule has 1 N–H and O–H groups in total. The summed E-state index contributed by atoms with van der Waals surface area (Å²) in [4.78, 5) is 41.4. The zero-order chi connectivity index (χ0) is 24.4. The van der Waals surface area contributed by atoms with Gasteiger partial charge in [0.1, 0.15) is 11.5 Å². The Balaban J connectivity index is 2.02. The molecule has 1 fully saturated rings. The Morgan fingerprint density at radius 3 is 2.61 bits per heavy atom. The zero-order valence-corrected chi connectivity index (χ0v) is 20.4. The molecule has 0 radical (unpaired) electrons. The van der Waals surface area contributed by atoms with E-state index >= 15 is 0 Å². The Morgan fingerprint density at radius 1 is 1.21 bits per heavy atom. The molecule has 0 aromatic heterocycles. The fourth-order valence-corrected chi connectivity index (χ4v) is 3.86. The first-order valence-corrected chi connectivity index (χ1v) is 11.6. The van der Waals surface area contributed by atoms with Crippen molar-refractivity contribution in [1.82, 2.24) is 9.80 Å². The number of nitrogens with one attached hydrogen (secondary N) is 1. The van der Waals surface area contributed by atoms with Crippen LogP contribution in [0.5, 0.6) is 11.5 Å². The minimum atomic E-state index is -0.302. The summed E-state index contributed by atoms with van der Waals surface area (Å²) in [7, 11) is 3.09. The van der Waals surface area contributed by atoms with Crippen molar-refractivity contribution in [3.8, 4) is 11.5 Å². The average molecular weight is 464 g/mol. The highest BCUT2D eigenvalue weighted by Crippen LogP contribution is 2.29. The highest BCUT2D eigenvalue weighted by Gasteiger charge is 2.30. The van der Waals surface area contributed by atoms with Crippen molar-refractivity contribution >= 4 is 23.6 Å². The molecule has 0 bridgehead atoms. The monoisotopic (exact) mass is 463 g/mol. The lowest BCUT2D eigenvalue weighted by Crippen LogP contribution is -2.46. The molecule has 9 heteroatoms. The second kappa shape index (κ2) is 12.9. The Morgan fingerprint density at radius 2 is 1.97 bits per heavy atom. The summed E-state index contributed by atoms with van der Waals surface area (Å²) < 4.78 is 15.7. The lowest BCUT2D eigenvalue weighted by Gasteiger charge is -2.33. The lowest BCUT2D eigenvalue weighted by atomic mass is 9.98. The Labute approximate surface area is 196 Å². The molecule has 1 aliphatic heterocycles. The van der Waals surface area contributed by atoms with Crippen molar-refractivity contribution < 1.29 is 28.6 Å². The van der Waals surface area contributed by atoms with Gasteiger partial charge in [-0.15, -0.1) is 0 Å². The van der Waals surface area contributed by atoms with E-state index in [1.54, 1.807) is 42.0 Å². The van der Waals surface area contributed by atoms with Gasteiger partial charge in [0.15, 0.2) is 0 Å². The molecule has 184 valence electrons. The SMILES string of the molecule is CCOC(=O)C1CCCN(C(=O)CCN(C(=O)Nc2ccc(OC)cc2OC)C(C)CC)C1. The van der Waals surface area contributed by atoms with Crippen LogP contribution in [0.2, 0.25) is 0 Å². The first-order chi connectivity index (χ1) is 15.8. The van der Waals surface area contributed by atoms with E-state index in [2.05, 4.69) is 5.32 Å². The molecular formula is C24H37N3O6. The van der Waals surface area contributed by atoms with Gasteiger partial charge in [0.2, 0.25) is 5.91 Å². The summed E-state index contributed by atoms with van der Waals surface area (Å²) in [6, 6.07) is 4.80. The number of urea groups is 1. The fraction of sp³-hybridized carbons (Fsp3) is 0.625. The molecule has 1 saturated heterocycles. The van der Waals surface area contributed by atoms with Gasteiger partial charge < -0.3 is 29.3 Å². The maximum Gasteiger partial charge on any atom is 0.322 e. The first kappa shape index (κ1) is 26.3. The molecule has 1 heterocycles. The second-order valence-corrected chi connectivity index (χ2v) is 8.13. The number of hydrogen-bond donors (Lipinski definition) is 1. The van der Waals surface area contributed by atoms with E-state index in [1.807, 2.05) is 13.8 Å². The fourth-order valence-electron chi connectivity index (χ4n) is 3.86. The molecular weight excluding hydrogens is 426 g/mol. The molecule has 1 aromatic rings. The van der Waals surface area contributed by atoms with Crippen LogP contribution >= 0.6 is 0 Å². The molecule has 0 aliphatic carbocycles. The maximum atomic E-state index is 13.1. The summed E-state index contributed by atoms with van der Waals surface area (Å²) >= 11 is 0. The average Bonchev–Trinajstić information content (AvgIpc) is 2.84. The van der Waals surface area contributed by atoms with Crippen molar-refractivity contribution in [3.05, 3.63) is 18.2 Å². The third-order valence-electron chi connectivity index (χ3n) is 5.99. The van der Waals surface area contributed by atoms with Crippen LogP contribution in [0.1, 0.15) is 46.5 Å². The molecule has 0 spiro atoms. The number of rotatable bonds is 10. The van der Waals surface area contributed by atoms with Crippen LogP contribution in [-0.2, 0) is 14.3 Å². The van der Waals surface area contributed by atoms with Gasteiger partial charge in [0.25, 0.3) is 0 Å². The van der Waals surface area contributed by atoms with Crippen LogP contribution in [0.4, 0.5) is 10.5 Å². The van der Waals surface area contributed by atoms with Crippen LogP contribution in [0.15, 0.2) is 18.2 Å². The van der Waals surface area contributed by atoms with Crippen molar-refractivity contribution in [2.24, 2.45) is 5.92 Å². The van der Waals surface area contributed by atoms with E-state index in [4.69, 9.17) is 14.2 Å². The van der Waals surface area contributed by atoms with Gasteiger partial charge >= 0.3 is 12.0 Å². The topological polar surface area (TPSA) is 97.4 Å². The number of methoxy groups -OCH3 is 2. The molecule has 33 heavy (non-hydrogen) atoms. The van der Waals surface area contributed by atoms with Crippen molar-refractivity contribution in [2.45, 2.75) is 52.5 Å². The third-order valence-corrected chi connectivity index (χ3v) is 5.99. The number of benzene rings is 1. The standard InChI is InChI=1S/C24H37N3O6/c1-6-17(3)27(24(30)25-20-11-10-19(31-4)15-21(20)32-5)14-12-22(28)26-13-8-9-18(16-26)23(29)33-7-2/h10-11,15,17-18H,6-9,12-14,16H2,1-5H3,(H,25,30). The number of likely N-dealkylation sites (tertiary alicyclic amines) is 1. The summed E-state index contributed by atoms with van der Waals surface area (Å²) in [6.45, 7) is 7.32. The van der Waals surface area contributed by atoms with E-state index in [1.165, 1.54) is 7.11 Å². The molecule has 2 unspecified atom stereocenters. The minimum Gasteiger partial charge on any atom is -0.497 e. The Bertz CT molecular complexity index is 815. The number of esters is 1. The summed E-state index contributed by atoms with van der Waals surface area (Å²) in [5.41, 5.74) is 0.524. The largest absolute Gasteiger partial charge is 0.497 e. The van der Waals surface area contributed by atoms with Crippen LogP contribution in [0.3, 0.4) is 0 Å². The van der Waals surface area contributed by atoms with Crippen LogP contribution in [0, 0.1) is 5.92 Å². The lowest BCUT2D eigenvalue weighted by molar-refractivity contribution is -0.151. The Kier molecular flexibility index (Phi) is 10.3. The van der Waals surface area contributed by atoms with E-state index < -0.39 is 0 Å². The first-order valence-electron chi connectivity index (χ1n) is 11.6. The van der Waals surface area contributed by atoms with Gasteiger partial charge in [-0.3, -0.25) is 9.59 Å². The molecule has 9 nitrogen and oxygen atoms in total. The van der Waals surface area contributed by atoms with Crippen molar-refractivity contribution in [2.75, 3.05) is 45.8 Å². The van der Waals surface area contributed by atoms with Crippen LogP contribution in [0.25, 0.3) is 0 Å². The molecule has 2 rings (SSSR count). The number of carbonyl (C=O) groups is 3. The number of carbonyl (C=O) groups excluding carboxylic acids is 3. The van der Waals surface area contributed by atoms with Gasteiger partial charge in [0, 0.05) is 38.2 Å². The molecule has 2 atom stereocenters. The van der Waals surface area contributed by atoms with E-state index in [0.29, 0.717) is 36.9 Å². The molecule has 1 aromatic carbocycles. The summed E-state index contributed by atoms with van der Waals surface area (Å²) in [6.07, 6.45) is 2.43. The van der Waals surface area contributed by atoms with Crippen LogP contribution in [-0.4, -0.2) is 74.2 Å². The van der Waals surface area contributed by atoms with E-state index in [0.717, 1.165) is 19.3 Å². The maximum absolute atomic E-state index is 13.1. The van der Waals surface area contributed by atoms with Gasteiger partial charge in [-0.2, -0.15) is 0 Å². The van der Waals surface area contributed by atoms with Gasteiger partial charge in [0.05, 0.1) is 32.4 Å². The normalized spacial score (nSPS) is 16.5. The molecule has 1 aliphatic rings. The second-order valence-electron chi connectivity index (χ2n) is 8.13. The van der Waals surface area contributed by atoms with Gasteiger partial charge in [-0.1, -0.05) is 6.92 Å². The predicted octanol–water partition coefficient (Wildman–Crippen LogP) is 3.53. The summed E-state index contributed by atoms with van der Waals surface area (Å²) in [5.74, 6) is 0.522. The quantitative estimate of drug-likeness (QED) is 0.533. The van der Waals surface area contributed by atoms with E-state index in [9.17, 15) is 14.4 Å². The zero-order valence-electron chi connectivity index (χ0n) is 20.4. The van der Waals surface area contributed by atoms with Crippen molar-refractivity contribution in [3.63, 3.8) is 0 Å². The number of anilines is 1. The minimum absolute atomic E-state index is 0.0596. The highest BCUT2D eigenvalue weighted by molar-refractivity contribution is 5.91. The number of piperidine rings is 1. The van der Waals surface area contributed by atoms with Crippen molar-refractivity contribution in [1.29, 1.82) is 0 Å². The number of nitrogens with zero attached hydrogens (tertiary/aromatic N) is 2. The third kappa shape index (κ3) is 7.27. The predicted molar refractivity (Wildman–Crippen MR) is 126 cm³/mol. The number of amides is 3. The summed E-state index contributed by atoms with van der Waals surface area (Å²) in [5, 5.41) is 2.89. The van der Waals surface area contributed by atoms with Gasteiger partial charge in [-0.25, -0.2) is 4.79 Å². The van der Waals surface area contributed by atoms with Crippen LogP contribution < -0.4 is 14.8 Å². The molecule has 3 amide bonds. The van der Waals surface area contributed by atoms with E-state index in [-0.39, 0.29) is 42.8 Å². The Hall–Kier alpha value is -2.97. The molecule has 0 saturated carbocycles. The van der Waals surface area contributed by atoms with Gasteiger partial charge in [-0.05, 0) is 45.2 Å². The number of hydrogen-bond acceptors (Lipinski definition) is 6. The smallest absolute Gasteiger partial charge is 0.322 e. The number of ether oxygens (including phenoxy) is 3.